The van der Waals surface area contributed by atoms with E-state index in [1.165, 1.54) is 0 Å². The first-order valence-electron chi connectivity index (χ1n) is 45.6. The Hall–Kier alpha value is -17.8. The van der Waals surface area contributed by atoms with Crippen LogP contribution in [-0.2, 0) is 29.4 Å². The molecule has 17 aromatic carbocycles. The van der Waals surface area contributed by atoms with Gasteiger partial charge in [-0.25, -0.2) is 18.3 Å². The second-order valence-electron chi connectivity index (χ2n) is 34.1. The summed E-state index contributed by atoms with van der Waals surface area (Å²) in [6.45, 7) is 2.15. The van der Waals surface area contributed by atoms with Gasteiger partial charge in [0.2, 0.25) is 0 Å². The summed E-state index contributed by atoms with van der Waals surface area (Å²) in [4.78, 5) is 0. The van der Waals surface area contributed by atoms with Gasteiger partial charge in [0.15, 0.2) is 7.29 Å². The summed E-state index contributed by atoms with van der Waals surface area (Å²) < 4.78 is 102. The maximum Gasteiger partial charge on any atom is 0.375 e. The fourth-order valence-electron chi connectivity index (χ4n) is 17.9. The first-order valence-corrected chi connectivity index (χ1v) is 54.2. The molecule has 5 unspecified atom stereocenters. The summed E-state index contributed by atoms with van der Waals surface area (Å²) in [5.74, 6) is 1.89. The molecule has 0 aliphatic carbocycles. The number of fused-ring (bicyclic) bond motifs is 5. The zero-order chi connectivity index (χ0) is 98.2. The Morgan fingerprint density at radius 3 is 0.874 bits per heavy atom. The summed E-state index contributed by atoms with van der Waals surface area (Å²) in [7, 11) is -18.0. The van der Waals surface area contributed by atoms with Crippen LogP contribution in [0.3, 0.4) is 0 Å². The molecule has 0 spiro atoms. The van der Waals surface area contributed by atoms with Crippen molar-refractivity contribution in [3.8, 4) is 97.9 Å². The van der Waals surface area contributed by atoms with Crippen molar-refractivity contribution in [1.82, 2.24) is 0 Å². The minimum Gasteiger partial charge on any atom is -0.426 e. The fourth-order valence-corrected chi connectivity index (χ4v) is 28.2. The highest BCUT2D eigenvalue weighted by Gasteiger charge is 2.45. The molecule has 0 aromatic heterocycles. The van der Waals surface area contributed by atoms with E-state index in [2.05, 4.69) is 56.8 Å². The van der Waals surface area contributed by atoms with Gasteiger partial charge < -0.3 is 38.4 Å². The van der Waals surface area contributed by atoms with Gasteiger partial charge in [-0.2, -0.15) is 26.3 Å². The van der Waals surface area contributed by atoms with E-state index in [1.807, 2.05) is 314 Å². The zero-order valence-corrected chi connectivity index (χ0v) is 81.0. The van der Waals surface area contributed by atoms with Crippen LogP contribution in [0.5, 0.6) is 23.0 Å². The van der Waals surface area contributed by atoms with Gasteiger partial charge in [0.1, 0.15) is 23.0 Å². The smallest absolute Gasteiger partial charge is 0.375 e. The van der Waals surface area contributed by atoms with Crippen molar-refractivity contribution in [1.29, 1.82) is 26.3 Å². The molecule has 0 saturated carbocycles. The van der Waals surface area contributed by atoms with Gasteiger partial charge >= 0.3 is 30.1 Å². The molecule has 5 aliphatic rings. The SMILES string of the molecule is CP1(=O)Nc2c(cccc2-c2cccc(-c3cccc4c3NP(=O)(Oc3ccccc3)C(c3ccc(C#N)cc3)=C4)c2)C=C1c1ccc(C#N)cc1.N#Cc1ccc(C2=Cc3cccc(-c4ccccc4-c4cccc5c4NP(=O)(Oc4ccccc4)C(c4ccc(C#N)cc4)=C5)c3NP2(=O)Oc2ccccc2)cc1.N#Cc1ccc(C2=Cc3ccccc3N(Cc3ccccc3)P2(=O)Oc2ccccc2)cc1. The number of anilines is 5. The molecule has 4 N–H and O–H groups in total. The van der Waals surface area contributed by atoms with Crippen LogP contribution in [-0.4, -0.2) is 6.66 Å². The molecule has 0 fully saturated rings. The van der Waals surface area contributed by atoms with Crippen LogP contribution < -0.4 is 43.1 Å². The number of rotatable bonds is 19. The number of nitrogens with zero attached hydrogens (tertiary/aromatic N) is 6. The summed E-state index contributed by atoms with van der Waals surface area (Å²) in [5, 5.41) is 62.9. The lowest BCUT2D eigenvalue weighted by Crippen LogP contribution is -2.26. The summed E-state index contributed by atoms with van der Waals surface area (Å²) in [6.07, 6.45) is 9.60. The number of hydrogen-bond acceptors (Lipinski definition) is 14. The molecule has 22 rings (SSSR count). The molecule has 17 aromatic rings. The number of nitriles is 5. The van der Waals surface area contributed by atoms with Crippen molar-refractivity contribution >= 4 is 123 Å². The van der Waals surface area contributed by atoms with Crippen LogP contribution in [0.2, 0.25) is 0 Å². The molecule has 0 saturated heterocycles. The number of hydrogen-bond donors (Lipinski definition) is 4. The average Bonchev–Trinajstić information content (AvgIpc) is 0.737. The summed E-state index contributed by atoms with van der Waals surface area (Å²) >= 11 is 0. The van der Waals surface area contributed by atoms with Gasteiger partial charge in [0.05, 0.1) is 114 Å². The van der Waals surface area contributed by atoms with E-state index in [0.717, 1.165) is 100 Å². The van der Waals surface area contributed by atoms with E-state index in [9.17, 15) is 40.0 Å². The molecule has 0 amide bonds. The molecule has 5 heterocycles. The molecule has 5 aliphatic heterocycles. The van der Waals surface area contributed by atoms with Crippen LogP contribution in [0.25, 0.3) is 101 Å². The normalized spacial score (nSPS) is 17.8. The predicted octanol–water partition coefficient (Wildman–Crippen LogP) is 32.3. The number of benzene rings is 17. The highest BCUT2D eigenvalue weighted by Crippen LogP contribution is 2.70. The molecular weight excluding hydrogens is 1870 g/mol. The predicted molar refractivity (Wildman–Crippen MR) is 576 cm³/mol. The number of nitrogens with one attached hydrogen (secondary N) is 4. The first-order chi connectivity index (χ1) is 69.7. The van der Waals surface area contributed by atoms with Gasteiger partial charge in [-0.05, 0) is 235 Å². The lowest BCUT2D eigenvalue weighted by Gasteiger charge is -2.38. The molecular formula is C119H83N10O9P5. The molecule has 0 bridgehead atoms. The van der Waals surface area contributed by atoms with Crippen molar-refractivity contribution in [3.63, 3.8) is 0 Å². The highest BCUT2D eigenvalue weighted by atomic mass is 31.2. The van der Waals surface area contributed by atoms with Crippen molar-refractivity contribution in [2.45, 2.75) is 6.54 Å². The summed E-state index contributed by atoms with van der Waals surface area (Å²) in [5.41, 5.74) is 21.9. The van der Waals surface area contributed by atoms with E-state index in [1.54, 1.807) is 140 Å². The van der Waals surface area contributed by atoms with Crippen LogP contribution in [0.1, 0.15) is 89.0 Å². The Kier molecular flexibility index (Phi) is 26.0. The van der Waals surface area contributed by atoms with E-state index >= 15 is 9.13 Å². The third kappa shape index (κ3) is 19.3. The summed E-state index contributed by atoms with van der Waals surface area (Å²) in [6, 6.07) is 140. The van der Waals surface area contributed by atoms with Gasteiger partial charge in [0.25, 0.3) is 0 Å². The number of para-hydroxylation sites is 9. The average molecular weight is 1950 g/mol. The van der Waals surface area contributed by atoms with Crippen molar-refractivity contribution in [2.75, 3.05) is 31.7 Å². The standard InChI is InChI=1S/C48H32N4O4P2.C43H30N4O3P2.C28H21N2O2P/c49-31-33-21-25-35(26-22-33)45-29-37-11-9-19-43(47(37)51-57(45,53)55-39-13-3-1-4-14-39)41-17-7-8-18-42(41)44-20-10-12-38-30-46(36-27-23-34(32-50)24-28-36)58(54,52-48(38)44)56-40-15-5-2-6-16-40;1-51(48)40(31-20-16-29(27-44)17-21-31)25-35-10-6-14-38(42(35)46-51)33-8-5-9-34(24-33)39-15-7-11-36-26-41(32-22-18-30(28-45)19-23-32)52(49,47-43(36)39)50-37-12-3-2-4-13-37;29-20-22-15-17-24(18-16-22)28-19-25-11-7-8-14-27(25)30(21-23-9-3-1-4-10-23)33(28,31)32-26-12-5-2-6-13-26/h1-30H,(H,51,53)(H,52,54);2-26H,1H3,(H,46,48)(H,47,49);1-19H,21H2. The van der Waals surface area contributed by atoms with Crippen LogP contribution in [0, 0.1) is 56.7 Å². The Labute approximate surface area is 828 Å². The second-order valence-corrected chi connectivity index (χ2v) is 44.8. The minimum atomic E-state index is -3.83. The van der Waals surface area contributed by atoms with Gasteiger partial charge in [-0.3, -0.25) is 9.24 Å². The lowest BCUT2D eigenvalue weighted by molar-refractivity contribution is 0.487. The maximum atomic E-state index is 15.2. The van der Waals surface area contributed by atoms with E-state index in [0.29, 0.717) is 118 Å². The van der Waals surface area contributed by atoms with Crippen molar-refractivity contribution < 1.29 is 40.9 Å². The highest BCUT2D eigenvalue weighted by molar-refractivity contribution is 7.75. The van der Waals surface area contributed by atoms with Crippen LogP contribution in [0.4, 0.5) is 28.4 Å². The second kappa shape index (κ2) is 40.0. The van der Waals surface area contributed by atoms with Crippen LogP contribution in [0.15, 0.2) is 419 Å². The van der Waals surface area contributed by atoms with E-state index in [4.69, 9.17) is 18.1 Å². The fraction of sp³-hybridized carbons (Fsp3) is 0.0168. The Balaban J connectivity index is 0.000000136. The monoisotopic (exact) mass is 1950 g/mol. The third-order valence-corrected chi connectivity index (χ3v) is 35.2. The molecule has 143 heavy (non-hydrogen) atoms. The Bertz CT molecular complexity index is 8330. The van der Waals surface area contributed by atoms with Gasteiger partial charge in [-0.1, -0.05) is 297 Å². The van der Waals surface area contributed by atoms with E-state index in [-0.39, 0.29) is 0 Å². The molecule has 0 radical (unpaired) electrons. The zero-order valence-electron chi connectivity index (χ0n) is 76.5. The molecule has 688 valence electrons. The van der Waals surface area contributed by atoms with Crippen LogP contribution >= 0.6 is 37.4 Å². The van der Waals surface area contributed by atoms with Gasteiger partial charge in [0, 0.05) is 34.2 Å². The van der Waals surface area contributed by atoms with Crippen molar-refractivity contribution in [3.05, 3.63) is 508 Å². The third-order valence-electron chi connectivity index (χ3n) is 24.8. The molecule has 19 nitrogen and oxygen atoms in total. The van der Waals surface area contributed by atoms with Crippen molar-refractivity contribution in [2.24, 2.45) is 0 Å². The first kappa shape index (κ1) is 92.9. The molecule has 24 heteroatoms. The quantitative estimate of drug-likeness (QED) is 0.0547. The lowest BCUT2D eigenvalue weighted by atomic mass is 9.90. The Morgan fingerprint density at radius 1 is 0.245 bits per heavy atom. The minimum absolute atomic E-state index is 0.426. The largest absolute Gasteiger partial charge is 0.426 e. The molecule has 5 atom stereocenters. The van der Waals surface area contributed by atoms with E-state index < -0.39 is 37.4 Å². The maximum absolute atomic E-state index is 15.2. The Morgan fingerprint density at radius 2 is 0.510 bits per heavy atom. The topological polar surface area (TPSA) is 293 Å². The van der Waals surface area contributed by atoms with Gasteiger partial charge in [-0.15, -0.1) is 0 Å².